The van der Waals surface area contributed by atoms with Crippen molar-refractivity contribution in [3.63, 3.8) is 0 Å². The number of hydrogen-bond donors (Lipinski definition) is 2. The van der Waals surface area contributed by atoms with E-state index in [1.165, 1.54) is 19.2 Å². The molecule has 29 heavy (non-hydrogen) atoms. The van der Waals surface area contributed by atoms with Crippen LogP contribution in [0.4, 0.5) is 5.69 Å². The van der Waals surface area contributed by atoms with Crippen molar-refractivity contribution in [1.29, 1.82) is 0 Å². The van der Waals surface area contributed by atoms with Crippen molar-refractivity contribution in [3.05, 3.63) is 53.6 Å². The molecule has 1 saturated carbocycles. The zero-order chi connectivity index (χ0) is 21.0. The minimum Gasteiger partial charge on any atom is -0.495 e. The summed E-state index contributed by atoms with van der Waals surface area (Å²) >= 11 is 0. The third-order valence-corrected chi connectivity index (χ3v) is 6.92. The van der Waals surface area contributed by atoms with Crippen LogP contribution < -0.4 is 14.8 Å². The van der Waals surface area contributed by atoms with Crippen molar-refractivity contribution in [1.82, 2.24) is 4.72 Å². The van der Waals surface area contributed by atoms with Crippen molar-refractivity contribution >= 4 is 21.6 Å². The molecule has 2 unspecified atom stereocenters. The molecule has 1 aliphatic carbocycles. The number of methoxy groups -OCH3 is 1. The first-order chi connectivity index (χ1) is 13.8. The quantitative estimate of drug-likeness (QED) is 0.742. The van der Waals surface area contributed by atoms with Gasteiger partial charge in [-0.05, 0) is 61.6 Å². The van der Waals surface area contributed by atoms with Gasteiger partial charge >= 0.3 is 0 Å². The van der Waals surface area contributed by atoms with Crippen LogP contribution >= 0.6 is 0 Å². The maximum atomic E-state index is 13.1. The summed E-state index contributed by atoms with van der Waals surface area (Å²) in [7, 11) is -2.41. The van der Waals surface area contributed by atoms with Gasteiger partial charge < -0.3 is 10.1 Å². The normalized spacial score (nSPS) is 19.6. The second kappa shape index (κ2) is 8.97. The Balaban J connectivity index is 1.87. The zero-order valence-corrected chi connectivity index (χ0v) is 17.9. The maximum Gasteiger partial charge on any atom is 0.255 e. The number of rotatable bonds is 6. The van der Waals surface area contributed by atoms with E-state index in [1.54, 1.807) is 12.1 Å². The van der Waals surface area contributed by atoms with Crippen LogP contribution in [0.25, 0.3) is 0 Å². The van der Waals surface area contributed by atoms with Gasteiger partial charge in [-0.1, -0.05) is 31.9 Å². The number of hydrogen-bond acceptors (Lipinski definition) is 4. The molecule has 2 N–H and O–H groups in total. The fourth-order valence-corrected chi connectivity index (χ4v) is 5.28. The van der Waals surface area contributed by atoms with Gasteiger partial charge in [-0.15, -0.1) is 0 Å². The van der Waals surface area contributed by atoms with E-state index in [1.807, 2.05) is 25.1 Å². The van der Waals surface area contributed by atoms with E-state index < -0.39 is 10.0 Å². The molecular formula is C22H28N2O4S. The lowest BCUT2D eigenvalue weighted by Crippen LogP contribution is -2.41. The summed E-state index contributed by atoms with van der Waals surface area (Å²) in [4.78, 5) is 12.7. The third kappa shape index (κ3) is 5.16. The van der Waals surface area contributed by atoms with Crippen molar-refractivity contribution in [2.45, 2.75) is 50.5 Å². The largest absolute Gasteiger partial charge is 0.495 e. The highest BCUT2D eigenvalue weighted by atomic mass is 32.2. The second-order valence-corrected chi connectivity index (χ2v) is 9.36. The summed E-state index contributed by atoms with van der Waals surface area (Å²) < 4.78 is 34.2. The van der Waals surface area contributed by atoms with Crippen LogP contribution in [-0.4, -0.2) is 27.5 Å². The van der Waals surface area contributed by atoms with Gasteiger partial charge in [0.05, 0.1) is 7.11 Å². The highest BCUT2D eigenvalue weighted by Crippen LogP contribution is 2.29. The number of benzene rings is 2. The Bertz CT molecular complexity index is 988. The summed E-state index contributed by atoms with van der Waals surface area (Å²) in [5, 5.41) is 2.81. The molecule has 1 amide bonds. The van der Waals surface area contributed by atoms with Crippen LogP contribution in [-0.2, 0) is 10.0 Å². The molecule has 0 spiro atoms. The predicted molar refractivity (Wildman–Crippen MR) is 114 cm³/mol. The predicted octanol–water partition coefficient (Wildman–Crippen LogP) is 4.11. The molecule has 3 rings (SSSR count). The van der Waals surface area contributed by atoms with Crippen LogP contribution in [0, 0.1) is 12.8 Å². The topological polar surface area (TPSA) is 84.5 Å². The van der Waals surface area contributed by atoms with Gasteiger partial charge in [0, 0.05) is 17.3 Å². The highest BCUT2D eigenvalue weighted by molar-refractivity contribution is 7.89. The molecule has 6 nitrogen and oxygen atoms in total. The standard InChI is InChI=1S/C22H28N2O4S/c1-15-7-6-9-18(13-15)23-22(25)17-11-12-20(28-3)21(14-17)29(26,27)24-19-10-5-4-8-16(19)2/h6-7,9,11-14,16,19,24H,4-5,8,10H2,1-3H3,(H,23,25). The Morgan fingerprint density at radius 2 is 1.86 bits per heavy atom. The molecule has 0 aliphatic heterocycles. The number of carbonyl (C=O) groups excluding carboxylic acids is 1. The van der Waals surface area contributed by atoms with E-state index >= 15 is 0 Å². The minimum absolute atomic E-state index is 0.0188. The fourth-order valence-electron chi connectivity index (χ4n) is 3.71. The molecule has 1 fully saturated rings. The molecule has 0 saturated heterocycles. The first-order valence-electron chi connectivity index (χ1n) is 9.88. The monoisotopic (exact) mass is 416 g/mol. The average Bonchev–Trinajstić information content (AvgIpc) is 2.69. The molecule has 1 aliphatic rings. The van der Waals surface area contributed by atoms with Crippen molar-refractivity contribution in [3.8, 4) is 5.75 Å². The molecule has 0 aromatic heterocycles. The van der Waals surface area contributed by atoms with E-state index in [0.717, 1.165) is 31.2 Å². The Kier molecular flexibility index (Phi) is 6.59. The first kappa shape index (κ1) is 21.3. The summed E-state index contributed by atoms with van der Waals surface area (Å²) in [6, 6.07) is 11.8. The van der Waals surface area contributed by atoms with Crippen molar-refractivity contribution < 1.29 is 17.9 Å². The molecule has 156 valence electrons. The number of sulfonamides is 1. The number of nitrogens with one attached hydrogen (secondary N) is 2. The van der Waals surface area contributed by atoms with Gasteiger partial charge in [0.25, 0.3) is 5.91 Å². The van der Waals surface area contributed by atoms with Gasteiger partial charge in [-0.25, -0.2) is 13.1 Å². The molecule has 2 aromatic rings. The first-order valence-corrected chi connectivity index (χ1v) is 11.4. The van der Waals surface area contributed by atoms with Gasteiger partial charge in [0.15, 0.2) is 0 Å². The number of carbonyl (C=O) groups is 1. The summed E-state index contributed by atoms with van der Waals surface area (Å²) in [6.45, 7) is 4.00. The van der Waals surface area contributed by atoms with Crippen LogP contribution in [0.5, 0.6) is 5.75 Å². The maximum absolute atomic E-state index is 13.1. The van der Waals surface area contributed by atoms with Crippen molar-refractivity contribution in [2.24, 2.45) is 5.92 Å². The Labute approximate surface area is 172 Å². The molecule has 0 heterocycles. The number of aryl methyl sites for hydroxylation is 1. The van der Waals surface area contributed by atoms with Gasteiger partial charge in [0.2, 0.25) is 10.0 Å². The summed E-state index contributed by atoms with van der Waals surface area (Å²) in [6.07, 6.45) is 3.95. The van der Waals surface area contributed by atoms with E-state index in [4.69, 9.17) is 4.74 Å². The lowest BCUT2D eigenvalue weighted by molar-refractivity contribution is 0.102. The lowest BCUT2D eigenvalue weighted by atomic mass is 9.87. The van der Waals surface area contributed by atoms with E-state index in [0.29, 0.717) is 5.69 Å². The zero-order valence-electron chi connectivity index (χ0n) is 17.1. The van der Waals surface area contributed by atoms with E-state index in [2.05, 4.69) is 17.0 Å². The van der Waals surface area contributed by atoms with E-state index in [9.17, 15) is 13.2 Å². The SMILES string of the molecule is COc1ccc(C(=O)Nc2cccc(C)c2)cc1S(=O)(=O)NC1CCCCC1C. The molecule has 7 heteroatoms. The number of amides is 1. The third-order valence-electron chi connectivity index (χ3n) is 5.41. The van der Waals surface area contributed by atoms with Crippen LogP contribution in [0.2, 0.25) is 0 Å². The van der Waals surface area contributed by atoms with Gasteiger partial charge in [-0.3, -0.25) is 4.79 Å². The van der Waals surface area contributed by atoms with Crippen LogP contribution in [0.15, 0.2) is 47.4 Å². The lowest BCUT2D eigenvalue weighted by Gasteiger charge is -2.29. The molecule has 0 bridgehead atoms. The summed E-state index contributed by atoms with van der Waals surface area (Å²) in [5.41, 5.74) is 1.93. The van der Waals surface area contributed by atoms with E-state index in [-0.39, 0.29) is 34.1 Å². The second-order valence-electron chi connectivity index (χ2n) is 7.68. The smallest absolute Gasteiger partial charge is 0.255 e. The summed E-state index contributed by atoms with van der Waals surface area (Å²) in [5.74, 6) is 0.117. The number of ether oxygens (including phenoxy) is 1. The fraction of sp³-hybridized carbons (Fsp3) is 0.409. The number of anilines is 1. The molecule has 0 radical (unpaired) electrons. The molecule has 2 aromatic carbocycles. The van der Waals surface area contributed by atoms with Crippen LogP contribution in [0.3, 0.4) is 0 Å². The van der Waals surface area contributed by atoms with Gasteiger partial charge in [0.1, 0.15) is 10.6 Å². The minimum atomic E-state index is -3.83. The Morgan fingerprint density at radius 3 is 2.55 bits per heavy atom. The molecular weight excluding hydrogens is 388 g/mol. The van der Waals surface area contributed by atoms with Gasteiger partial charge in [-0.2, -0.15) is 0 Å². The molecule has 2 atom stereocenters. The Morgan fingerprint density at radius 1 is 1.10 bits per heavy atom. The Hall–Kier alpha value is -2.38. The van der Waals surface area contributed by atoms with Crippen LogP contribution in [0.1, 0.15) is 48.5 Å². The van der Waals surface area contributed by atoms with Crippen molar-refractivity contribution in [2.75, 3.05) is 12.4 Å². The highest BCUT2D eigenvalue weighted by Gasteiger charge is 2.29. The average molecular weight is 417 g/mol.